The average Bonchev–Trinajstić information content (AvgIpc) is 2.56. The molecule has 0 atom stereocenters. The van der Waals surface area contributed by atoms with E-state index in [0.717, 1.165) is 36.9 Å². The number of hydrogen-bond donors (Lipinski definition) is 3. The Hall–Kier alpha value is -2.57. The molecule has 1 saturated carbocycles. The zero-order valence-electron chi connectivity index (χ0n) is 14.3. The minimum Gasteiger partial charge on any atom is -0.481 e. The SMILES string of the molecule is NC1=NC2(CCCCC2)N(c2ccccc2CCCC(=O)O)C(N)=N1. The first-order chi connectivity index (χ1) is 12.0. The first kappa shape index (κ1) is 17.3. The maximum atomic E-state index is 10.8. The normalized spacial score (nSPS) is 19.4. The second-order valence-corrected chi connectivity index (χ2v) is 6.69. The van der Waals surface area contributed by atoms with E-state index < -0.39 is 11.6 Å². The fourth-order valence-electron chi connectivity index (χ4n) is 3.84. The fourth-order valence-corrected chi connectivity index (χ4v) is 3.84. The predicted octanol–water partition coefficient (Wildman–Crippen LogP) is 2.20. The molecule has 2 aliphatic rings. The molecule has 0 saturated heterocycles. The standard InChI is InChI=1S/C18H25N5O2/c19-16-21-17(20)23(18(22-16)11-4-1-5-12-18)14-9-3-2-7-13(14)8-6-10-15(24)25/h2-3,7,9H,1,4-6,8,10-12H2,(H,24,25)(H4,19,20,21,22). The van der Waals surface area contributed by atoms with Crippen LogP contribution in [0.2, 0.25) is 0 Å². The first-order valence-corrected chi connectivity index (χ1v) is 8.81. The number of para-hydroxylation sites is 1. The molecule has 1 heterocycles. The van der Waals surface area contributed by atoms with Crippen molar-refractivity contribution in [3.05, 3.63) is 29.8 Å². The van der Waals surface area contributed by atoms with Crippen LogP contribution in [0.1, 0.15) is 50.5 Å². The third-order valence-electron chi connectivity index (χ3n) is 4.92. The lowest BCUT2D eigenvalue weighted by Crippen LogP contribution is -2.58. The molecule has 134 valence electrons. The van der Waals surface area contributed by atoms with Crippen LogP contribution in [-0.4, -0.2) is 28.7 Å². The van der Waals surface area contributed by atoms with Crippen molar-refractivity contribution < 1.29 is 9.90 Å². The second-order valence-electron chi connectivity index (χ2n) is 6.69. The lowest BCUT2D eigenvalue weighted by atomic mass is 9.86. The molecule has 25 heavy (non-hydrogen) atoms. The number of hydrogen-bond acceptors (Lipinski definition) is 6. The van der Waals surface area contributed by atoms with Gasteiger partial charge in [0, 0.05) is 12.1 Å². The summed E-state index contributed by atoms with van der Waals surface area (Å²) in [5.74, 6) is -0.184. The Labute approximate surface area is 147 Å². The molecule has 7 heteroatoms. The molecule has 7 nitrogen and oxygen atoms in total. The average molecular weight is 343 g/mol. The third kappa shape index (κ3) is 3.60. The van der Waals surface area contributed by atoms with E-state index in [1.807, 2.05) is 29.2 Å². The second kappa shape index (κ2) is 7.13. The van der Waals surface area contributed by atoms with Crippen molar-refractivity contribution in [2.24, 2.45) is 21.5 Å². The van der Waals surface area contributed by atoms with Gasteiger partial charge < -0.3 is 16.6 Å². The Kier molecular flexibility index (Phi) is 4.92. The smallest absolute Gasteiger partial charge is 0.303 e. The quantitative estimate of drug-likeness (QED) is 0.757. The summed E-state index contributed by atoms with van der Waals surface area (Å²) in [4.78, 5) is 21.7. The Morgan fingerprint density at radius 1 is 1.20 bits per heavy atom. The van der Waals surface area contributed by atoms with Gasteiger partial charge in [-0.3, -0.25) is 9.69 Å². The molecule has 1 aromatic rings. The molecular formula is C18H25N5O2. The van der Waals surface area contributed by atoms with E-state index in [9.17, 15) is 4.79 Å². The molecule has 0 unspecified atom stereocenters. The summed E-state index contributed by atoms with van der Waals surface area (Å²) in [5, 5.41) is 8.90. The molecule has 1 aliphatic carbocycles. The summed E-state index contributed by atoms with van der Waals surface area (Å²) in [5.41, 5.74) is 13.7. The summed E-state index contributed by atoms with van der Waals surface area (Å²) in [6.45, 7) is 0. The van der Waals surface area contributed by atoms with E-state index in [2.05, 4.69) is 9.98 Å². The lowest BCUT2D eigenvalue weighted by molar-refractivity contribution is -0.137. The maximum Gasteiger partial charge on any atom is 0.303 e. The molecule has 1 aliphatic heterocycles. The van der Waals surface area contributed by atoms with Crippen LogP contribution in [0, 0.1) is 0 Å². The number of carboxylic acids is 1. The summed E-state index contributed by atoms with van der Waals surface area (Å²) in [6, 6.07) is 7.94. The van der Waals surface area contributed by atoms with Crippen molar-refractivity contribution in [3.63, 3.8) is 0 Å². The van der Waals surface area contributed by atoms with Crippen molar-refractivity contribution in [1.82, 2.24) is 0 Å². The van der Waals surface area contributed by atoms with Gasteiger partial charge in [0.05, 0.1) is 0 Å². The Balaban J connectivity index is 1.96. The molecule has 0 amide bonds. The molecule has 3 rings (SSSR count). The lowest BCUT2D eigenvalue weighted by Gasteiger charge is -2.46. The highest BCUT2D eigenvalue weighted by molar-refractivity contribution is 6.06. The van der Waals surface area contributed by atoms with Crippen LogP contribution in [-0.2, 0) is 11.2 Å². The largest absolute Gasteiger partial charge is 0.481 e. The van der Waals surface area contributed by atoms with Crippen molar-refractivity contribution in [2.45, 2.75) is 57.0 Å². The number of guanidine groups is 2. The van der Waals surface area contributed by atoms with Gasteiger partial charge in [-0.15, -0.1) is 0 Å². The summed E-state index contributed by atoms with van der Waals surface area (Å²) in [7, 11) is 0. The fraction of sp³-hybridized carbons (Fsp3) is 0.500. The van der Waals surface area contributed by atoms with Crippen LogP contribution in [0.3, 0.4) is 0 Å². The molecule has 0 radical (unpaired) electrons. The number of aryl methyl sites for hydroxylation is 1. The maximum absolute atomic E-state index is 10.8. The highest BCUT2D eigenvalue weighted by atomic mass is 16.4. The summed E-state index contributed by atoms with van der Waals surface area (Å²) >= 11 is 0. The topological polar surface area (TPSA) is 117 Å². The predicted molar refractivity (Wildman–Crippen MR) is 98.6 cm³/mol. The molecule has 1 spiro atoms. The number of aliphatic carboxylic acids is 1. The Morgan fingerprint density at radius 3 is 2.64 bits per heavy atom. The van der Waals surface area contributed by atoms with E-state index >= 15 is 0 Å². The first-order valence-electron chi connectivity index (χ1n) is 8.81. The van der Waals surface area contributed by atoms with Crippen LogP contribution in [0.15, 0.2) is 34.3 Å². The molecule has 5 N–H and O–H groups in total. The Bertz CT molecular complexity index is 707. The van der Waals surface area contributed by atoms with Gasteiger partial charge in [0.1, 0.15) is 5.66 Å². The van der Waals surface area contributed by atoms with Gasteiger partial charge in [0.15, 0.2) is 0 Å². The number of carboxylic acid groups (broad SMARTS) is 1. The minimum atomic E-state index is -0.780. The van der Waals surface area contributed by atoms with Crippen molar-refractivity contribution in [3.8, 4) is 0 Å². The number of rotatable bonds is 5. The molecule has 1 fully saturated rings. The van der Waals surface area contributed by atoms with E-state index in [4.69, 9.17) is 16.6 Å². The number of anilines is 1. The molecule has 0 aromatic heterocycles. The van der Waals surface area contributed by atoms with Gasteiger partial charge in [-0.1, -0.05) is 24.6 Å². The van der Waals surface area contributed by atoms with E-state index in [-0.39, 0.29) is 12.4 Å². The zero-order valence-corrected chi connectivity index (χ0v) is 14.3. The van der Waals surface area contributed by atoms with Gasteiger partial charge >= 0.3 is 5.97 Å². The van der Waals surface area contributed by atoms with Gasteiger partial charge in [-0.05, 0) is 50.2 Å². The van der Waals surface area contributed by atoms with E-state index in [0.29, 0.717) is 18.8 Å². The molecule has 0 bridgehead atoms. The van der Waals surface area contributed by atoms with Gasteiger partial charge in [-0.2, -0.15) is 4.99 Å². The molecular weight excluding hydrogens is 318 g/mol. The number of nitrogens with zero attached hydrogens (tertiary/aromatic N) is 3. The van der Waals surface area contributed by atoms with Crippen molar-refractivity contribution in [1.29, 1.82) is 0 Å². The van der Waals surface area contributed by atoms with Crippen LogP contribution in [0.4, 0.5) is 5.69 Å². The summed E-state index contributed by atoms with van der Waals surface area (Å²) in [6.07, 6.45) is 6.48. The highest BCUT2D eigenvalue weighted by Gasteiger charge is 2.43. The van der Waals surface area contributed by atoms with Gasteiger partial charge in [0.2, 0.25) is 11.9 Å². The van der Waals surface area contributed by atoms with Crippen molar-refractivity contribution >= 4 is 23.6 Å². The number of carbonyl (C=O) groups is 1. The summed E-state index contributed by atoms with van der Waals surface area (Å²) < 4.78 is 0. The zero-order chi connectivity index (χ0) is 17.9. The van der Waals surface area contributed by atoms with Gasteiger partial charge in [-0.25, -0.2) is 4.99 Å². The Morgan fingerprint density at radius 2 is 1.92 bits per heavy atom. The van der Waals surface area contributed by atoms with Crippen LogP contribution < -0.4 is 16.4 Å². The van der Waals surface area contributed by atoms with E-state index in [1.54, 1.807) is 0 Å². The number of nitrogens with two attached hydrogens (primary N) is 2. The number of benzene rings is 1. The molecule has 1 aromatic carbocycles. The third-order valence-corrected chi connectivity index (χ3v) is 4.92. The van der Waals surface area contributed by atoms with E-state index in [1.165, 1.54) is 6.42 Å². The van der Waals surface area contributed by atoms with Crippen LogP contribution >= 0.6 is 0 Å². The number of aliphatic imine (C=N–C) groups is 2. The van der Waals surface area contributed by atoms with Crippen LogP contribution in [0.25, 0.3) is 0 Å². The minimum absolute atomic E-state index is 0.147. The monoisotopic (exact) mass is 343 g/mol. The highest BCUT2D eigenvalue weighted by Crippen LogP contribution is 2.40. The van der Waals surface area contributed by atoms with Crippen molar-refractivity contribution in [2.75, 3.05) is 4.90 Å². The van der Waals surface area contributed by atoms with Gasteiger partial charge in [0.25, 0.3) is 0 Å². The van der Waals surface area contributed by atoms with Crippen LogP contribution in [0.5, 0.6) is 0 Å².